The fraction of sp³-hybridized carbons (Fsp3) is 0.333. The Kier molecular flexibility index (Phi) is 1.34. The molecule has 0 amide bonds. The molecule has 0 bridgehead atoms. The summed E-state index contributed by atoms with van der Waals surface area (Å²) in [4.78, 5) is 0. The molecule has 0 saturated heterocycles. The minimum absolute atomic E-state index is 0.909. The maximum absolute atomic E-state index is 3.13. The van der Waals surface area contributed by atoms with Gasteiger partial charge in [-0.3, -0.25) is 0 Å². The molecule has 2 heterocycles. The minimum Gasteiger partial charge on any atom is -0.210 e. The highest BCUT2D eigenvalue weighted by Crippen LogP contribution is 2.01. The molecule has 4 heteroatoms. The van der Waals surface area contributed by atoms with Gasteiger partial charge in [-0.2, -0.15) is 0 Å². The van der Waals surface area contributed by atoms with Gasteiger partial charge in [0.15, 0.2) is 0 Å². The van der Waals surface area contributed by atoms with Gasteiger partial charge in [-0.25, -0.2) is 21.1 Å². The fourth-order valence-corrected chi connectivity index (χ4v) is 0.999. The average molecular weight is 138 g/mol. The largest absolute Gasteiger partial charge is 0.210 e. The van der Waals surface area contributed by atoms with Crippen molar-refractivity contribution >= 4 is 0 Å². The van der Waals surface area contributed by atoms with Crippen LogP contribution in [0.1, 0.15) is 0 Å². The molecular formula is C6H10N4. The molecule has 0 unspecified atom stereocenters. The molecule has 0 aliphatic carbocycles. The summed E-state index contributed by atoms with van der Waals surface area (Å²) in [6, 6.07) is 0. The van der Waals surface area contributed by atoms with Crippen LogP contribution in [-0.2, 0) is 0 Å². The van der Waals surface area contributed by atoms with Crippen molar-refractivity contribution in [2.24, 2.45) is 0 Å². The van der Waals surface area contributed by atoms with Crippen LogP contribution in [0, 0.1) is 0 Å². The van der Waals surface area contributed by atoms with Crippen molar-refractivity contribution in [3.05, 3.63) is 24.6 Å². The van der Waals surface area contributed by atoms with Crippen LogP contribution in [0.2, 0.25) is 0 Å². The van der Waals surface area contributed by atoms with E-state index in [9.17, 15) is 0 Å². The second kappa shape index (κ2) is 2.32. The lowest BCUT2D eigenvalue weighted by Crippen LogP contribution is -2.46. The molecule has 2 aliphatic rings. The summed E-state index contributed by atoms with van der Waals surface area (Å²) in [5.41, 5.74) is 6.27. The van der Waals surface area contributed by atoms with E-state index < -0.39 is 0 Å². The second-order valence-corrected chi connectivity index (χ2v) is 2.18. The van der Waals surface area contributed by atoms with Crippen LogP contribution in [0.15, 0.2) is 24.6 Å². The Morgan fingerprint density at radius 2 is 1.40 bits per heavy atom. The molecule has 0 spiro atoms. The number of nitrogens with one attached hydrogen (secondary N) is 2. The van der Waals surface area contributed by atoms with Crippen LogP contribution in [0.3, 0.4) is 0 Å². The molecule has 10 heavy (non-hydrogen) atoms. The third-order valence-electron chi connectivity index (χ3n) is 1.47. The van der Waals surface area contributed by atoms with E-state index in [1.54, 1.807) is 0 Å². The van der Waals surface area contributed by atoms with Gasteiger partial charge in [0.25, 0.3) is 0 Å². The minimum atomic E-state index is 0.909. The topological polar surface area (TPSA) is 30.5 Å². The Bertz CT molecular complexity index is 155. The molecule has 0 aromatic carbocycles. The number of rotatable bonds is 1. The van der Waals surface area contributed by atoms with E-state index in [0.717, 1.165) is 13.1 Å². The van der Waals surface area contributed by atoms with Gasteiger partial charge in [-0.1, -0.05) is 0 Å². The normalized spacial score (nSPS) is 23.2. The third kappa shape index (κ3) is 0.872. The predicted molar refractivity (Wildman–Crippen MR) is 38.0 cm³/mol. The van der Waals surface area contributed by atoms with Crippen molar-refractivity contribution in [3.63, 3.8) is 0 Å². The molecule has 2 rings (SSSR count). The highest BCUT2D eigenvalue weighted by Gasteiger charge is 2.11. The lowest BCUT2D eigenvalue weighted by molar-refractivity contribution is 0.00228. The number of hydrogen-bond donors (Lipinski definition) is 2. The summed E-state index contributed by atoms with van der Waals surface area (Å²) in [5.74, 6) is 0. The molecule has 0 aromatic heterocycles. The summed E-state index contributed by atoms with van der Waals surface area (Å²) in [6.45, 7) is 1.82. The van der Waals surface area contributed by atoms with Gasteiger partial charge in [0.2, 0.25) is 0 Å². The Balaban J connectivity index is 1.98. The van der Waals surface area contributed by atoms with Crippen LogP contribution >= 0.6 is 0 Å². The van der Waals surface area contributed by atoms with Crippen LogP contribution < -0.4 is 10.9 Å². The summed E-state index contributed by atoms with van der Waals surface area (Å²) in [5, 5.41) is 3.81. The molecule has 54 valence electrons. The van der Waals surface area contributed by atoms with E-state index in [1.165, 1.54) is 0 Å². The van der Waals surface area contributed by atoms with Gasteiger partial charge in [0, 0.05) is 25.5 Å². The van der Waals surface area contributed by atoms with Crippen molar-refractivity contribution < 1.29 is 0 Å². The Hall–Kier alpha value is -1.00. The van der Waals surface area contributed by atoms with Gasteiger partial charge in [0.1, 0.15) is 0 Å². The van der Waals surface area contributed by atoms with E-state index >= 15 is 0 Å². The van der Waals surface area contributed by atoms with Crippen molar-refractivity contribution in [1.82, 2.24) is 21.1 Å². The van der Waals surface area contributed by atoms with Gasteiger partial charge in [0.05, 0.1) is 0 Å². The average Bonchev–Trinajstić information content (AvgIpc) is 2.59. The smallest absolute Gasteiger partial charge is 0.0386 e. The Morgan fingerprint density at radius 1 is 0.900 bits per heavy atom. The van der Waals surface area contributed by atoms with Crippen molar-refractivity contribution in [3.8, 4) is 0 Å². The predicted octanol–water partition coefficient (Wildman–Crippen LogP) is -0.431. The SMILES string of the molecule is C1=CN(N2C=CCN2)NC1. The summed E-state index contributed by atoms with van der Waals surface area (Å²) in [6.07, 6.45) is 8.10. The molecule has 2 N–H and O–H groups in total. The number of nitrogens with zero attached hydrogens (tertiary/aromatic N) is 2. The lowest BCUT2D eigenvalue weighted by atomic mass is 10.7. The fourth-order valence-electron chi connectivity index (χ4n) is 0.999. The van der Waals surface area contributed by atoms with Gasteiger partial charge in [-0.05, 0) is 12.2 Å². The highest BCUT2D eigenvalue weighted by atomic mass is 15.9. The third-order valence-corrected chi connectivity index (χ3v) is 1.47. The molecule has 0 atom stereocenters. The Labute approximate surface area is 59.7 Å². The quantitative estimate of drug-likeness (QED) is 0.514. The van der Waals surface area contributed by atoms with Gasteiger partial charge in [-0.15, -0.1) is 0 Å². The number of hydrogen-bond acceptors (Lipinski definition) is 4. The standard InChI is InChI=1S/C6H10N4/c1-3-7-9(5-1)10-6-2-4-8-10/h1-2,5-8H,3-4H2. The lowest BCUT2D eigenvalue weighted by Gasteiger charge is -2.26. The molecule has 0 saturated carbocycles. The molecular weight excluding hydrogens is 128 g/mol. The number of hydrazine groups is 3. The molecule has 0 aromatic rings. The van der Waals surface area contributed by atoms with Crippen LogP contribution in [0.5, 0.6) is 0 Å². The highest BCUT2D eigenvalue weighted by molar-refractivity contribution is 4.94. The van der Waals surface area contributed by atoms with Gasteiger partial charge < -0.3 is 0 Å². The van der Waals surface area contributed by atoms with E-state index in [1.807, 2.05) is 22.6 Å². The molecule has 4 nitrogen and oxygen atoms in total. The zero-order valence-electron chi connectivity index (χ0n) is 5.62. The first-order chi connectivity index (χ1) is 4.97. The monoisotopic (exact) mass is 138 g/mol. The summed E-state index contributed by atoms with van der Waals surface area (Å²) in [7, 11) is 0. The summed E-state index contributed by atoms with van der Waals surface area (Å²) >= 11 is 0. The summed E-state index contributed by atoms with van der Waals surface area (Å²) < 4.78 is 0. The van der Waals surface area contributed by atoms with Gasteiger partial charge >= 0.3 is 0 Å². The molecule has 0 radical (unpaired) electrons. The molecule has 0 fully saturated rings. The van der Waals surface area contributed by atoms with Crippen LogP contribution in [0.25, 0.3) is 0 Å². The van der Waals surface area contributed by atoms with Crippen LogP contribution in [0.4, 0.5) is 0 Å². The van der Waals surface area contributed by atoms with E-state index in [-0.39, 0.29) is 0 Å². The zero-order chi connectivity index (χ0) is 6.81. The van der Waals surface area contributed by atoms with E-state index in [0.29, 0.717) is 0 Å². The van der Waals surface area contributed by atoms with Crippen molar-refractivity contribution in [1.29, 1.82) is 0 Å². The van der Waals surface area contributed by atoms with E-state index in [4.69, 9.17) is 0 Å². The zero-order valence-corrected chi connectivity index (χ0v) is 5.62. The van der Waals surface area contributed by atoms with E-state index in [2.05, 4.69) is 23.0 Å². The molecule has 2 aliphatic heterocycles. The first-order valence-electron chi connectivity index (χ1n) is 3.35. The first kappa shape index (κ1) is 5.76. The maximum atomic E-state index is 3.13. The first-order valence-corrected chi connectivity index (χ1v) is 3.35. The Morgan fingerprint density at radius 3 is 1.70 bits per heavy atom. The maximum Gasteiger partial charge on any atom is 0.0386 e. The van der Waals surface area contributed by atoms with Crippen LogP contribution in [-0.4, -0.2) is 23.3 Å². The van der Waals surface area contributed by atoms with Crippen molar-refractivity contribution in [2.75, 3.05) is 13.1 Å². The second-order valence-electron chi connectivity index (χ2n) is 2.18. The van der Waals surface area contributed by atoms with Crippen molar-refractivity contribution in [2.45, 2.75) is 0 Å².